The van der Waals surface area contributed by atoms with Crippen LogP contribution in [-0.2, 0) is 9.47 Å². The summed E-state index contributed by atoms with van der Waals surface area (Å²) in [6, 6.07) is 0. The van der Waals surface area contributed by atoms with E-state index in [0.29, 0.717) is 17.3 Å². The summed E-state index contributed by atoms with van der Waals surface area (Å²) in [5.41, 5.74) is 0.433. The van der Waals surface area contributed by atoms with E-state index in [9.17, 15) is 0 Å². The average molecular weight is 329 g/mol. The first-order valence-corrected chi connectivity index (χ1v) is 10.1. The summed E-state index contributed by atoms with van der Waals surface area (Å²) in [5, 5.41) is 0. The molecule has 0 unspecified atom stereocenters. The van der Waals surface area contributed by atoms with Crippen LogP contribution in [0.4, 0.5) is 0 Å². The van der Waals surface area contributed by atoms with Gasteiger partial charge in [-0.1, -0.05) is 80.6 Å². The highest BCUT2D eigenvalue weighted by molar-refractivity contribution is 4.62. The lowest BCUT2D eigenvalue weighted by Crippen LogP contribution is -2.24. The maximum absolute atomic E-state index is 6.14. The highest BCUT2D eigenvalue weighted by Gasteiger charge is 2.16. The smallest absolute Gasteiger partial charge is 0.157 e. The molecule has 0 aromatic heterocycles. The Morgan fingerprint density at radius 3 is 1.48 bits per heavy atom. The van der Waals surface area contributed by atoms with Gasteiger partial charge in [0.25, 0.3) is 0 Å². The zero-order valence-corrected chi connectivity index (χ0v) is 17.1. The quantitative estimate of drug-likeness (QED) is 0.257. The van der Waals surface area contributed by atoms with E-state index < -0.39 is 0 Å². The van der Waals surface area contributed by atoms with Gasteiger partial charge in [-0.3, -0.25) is 0 Å². The minimum atomic E-state index is -0.00355. The zero-order valence-electron chi connectivity index (χ0n) is 17.1. The van der Waals surface area contributed by atoms with Gasteiger partial charge < -0.3 is 9.47 Å². The molecule has 2 heteroatoms. The van der Waals surface area contributed by atoms with Crippen molar-refractivity contribution >= 4 is 0 Å². The average Bonchev–Trinajstić information content (AvgIpc) is 2.51. The summed E-state index contributed by atoms with van der Waals surface area (Å²) in [5.74, 6) is 1.34. The van der Waals surface area contributed by atoms with Gasteiger partial charge >= 0.3 is 0 Å². The third kappa shape index (κ3) is 12.9. The van der Waals surface area contributed by atoms with Crippen molar-refractivity contribution in [2.75, 3.05) is 13.2 Å². The van der Waals surface area contributed by atoms with Crippen LogP contribution in [0, 0.1) is 17.3 Å². The summed E-state index contributed by atoms with van der Waals surface area (Å²) in [6.07, 6.45) is 9.56. The highest BCUT2D eigenvalue weighted by atomic mass is 16.7. The minimum Gasteiger partial charge on any atom is -0.352 e. The molecule has 0 bridgehead atoms. The standard InChI is InChI=1S/C21H44O2/c1-8-18(9-2)16-22-20(23-17-19(10-3)11-4)14-12-13-15-21(5,6)7/h18-20H,8-17H2,1-7H3. The second-order valence-corrected chi connectivity index (χ2v) is 8.27. The Morgan fingerprint density at radius 2 is 1.13 bits per heavy atom. The molecule has 0 saturated carbocycles. The van der Waals surface area contributed by atoms with Crippen LogP contribution in [-0.4, -0.2) is 19.5 Å². The number of hydrogen-bond donors (Lipinski definition) is 0. The van der Waals surface area contributed by atoms with Crippen molar-refractivity contribution in [2.24, 2.45) is 17.3 Å². The molecule has 0 heterocycles. The van der Waals surface area contributed by atoms with E-state index in [2.05, 4.69) is 48.5 Å². The maximum atomic E-state index is 6.14. The molecule has 0 saturated heterocycles. The summed E-state index contributed by atoms with van der Waals surface area (Å²) in [6.45, 7) is 17.6. The Kier molecular flexibility index (Phi) is 13.2. The highest BCUT2D eigenvalue weighted by Crippen LogP contribution is 2.23. The first-order valence-electron chi connectivity index (χ1n) is 10.1. The molecular weight excluding hydrogens is 284 g/mol. The number of ether oxygens (including phenoxy) is 2. The van der Waals surface area contributed by atoms with Gasteiger partial charge in [-0.25, -0.2) is 0 Å². The van der Waals surface area contributed by atoms with Crippen LogP contribution < -0.4 is 0 Å². The van der Waals surface area contributed by atoms with Crippen molar-refractivity contribution in [1.29, 1.82) is 0 Å². The summed E-state index contributed by atoms with van der Waals surface area (Å²) < 4.78 is 12.3. The topological polar surface area (TPSA) is 18.5 Å². The number of unbranched alkanes of at least 4 members (excludes halogenated alkanes) is 1. The fourth-order valence-corrected chi connectivity index (χ4v) is 2.72. The third-order valence-corrected chi connectivity index (χ3v) is 4.96. The van der Waals surface area contributed by atoms with Crippen molar-refractivity contribution in [3.63, 3.8) is 0 Å². The molecule has 0 radical (unpaired) electrons. The Labute approximate surface area is 146 Å². The molecule has 0 aliphatic carbocycles. The van der Waals surface area contributed by atoms with Gasteiger partial charge in [0.2, 0.25) is 0 Å². The van der Waals surface area contributed by atoms with Crippen molar-refractivity contribution in [1.82, 2.24) is 0 Å². The van der Waals surface area contributed by atoms with Crippen LogP contribution in [0.15, 0.2) is 0 Å². The van der Waals surface area contributed by atoms with Gasteiger partial charge in [0.05, 0.1) is 13.2 Å². The van der Waals surface area contributed by atoms with Crippen molar-refractivity contribution in [3.8, 4) is 0 Å². The molecule has 0 aromatic carbocycles. The summed E-state index contributed by atoms with van der Waals surface area (Å²) in [4.78, 5) is 0. The molecule has 0 aliphatic heterocycles. The largest absolute Gasteiger partial charge is 0.352 e. The van der Waals surface area contributed by atoms with Crippen LogP contribution in [0.3, 0.4) is 0 Å². The van der Waals surface area contributed by atoms with Crippen LogP contribution >= 0.6 is 0 Å². The van der Waals surface area contributed by atoms with Crippen LogP contribution in [0.2, 0.25) is 0 Å². The maximum Gasteiger partial charge on any atom is 0.157 e. The second-order valence-electron chi connectivity index (χ2n) is 8.27. The Morgan fingerprint density at radius 1 is 0.696 bits per heavy atom. The van der Waals surface area contributed by atoms with Crippen LogP contribution in [0.25, 0.3) is 0 Å². The van der Waals surface area contributed by atoms with Gasteiger partial charge in [-0.2, -0.15) is 0 Å². The van der Waals surface area contributed by atoms with Crippen molar-refractivity contribution < 1.29 is 9.47 Å². The van der Waals surface area contributed by atoms with E-state index >= 15 is 0 Å². The lowest BCUT2D eigenvalue weighted by atomic mass is 9.89. The van der Waals surface area contributed by atoms with Crippen molar-refractivity contribution in [3.05, 3.63) is 0 Å². The van der Waals surface area contributed by atoms with E-state index in [-0.39, 0.29) is 6.29 Å². The van der Waals surface area contributed by atoms with Gasteiger partial charge in [-0.15, -0.1) is 0 Å². The molecule has 140 valence electrons. The summed E-state index contributed by atoms with van der Waals surface area (Å²) in [7, 11) is 0. The van der Waals surface area contributed by atoms with E-state index in [1.807, 2.05) is 0 Å². The predicted octanol–water partition coefficient (Wildman–Crippen LogP) is 6.82. The molecule has 0 amide bonds. The molecule has 0 rings (SSSR count). The van der Waals surface area contributed by atoms with Gasteiger partial charge in [0.15, 0.2) is 6.29 Å². The lowest BCUT2D eigenvalue weighted by molar-refractivity contribution is -0.161. The fraction of sp³-hybridized carbons (Fsp3) is 1.00. The first kappa shape index (κ1) is 22.9. The van der Waals surface area contributed by atoms with Gasteiger partial charge in [0, 0.05) is 0 Å². The number of rotatable bonds is 14. The van der Waals surface area contributed by atoms with E-state index in [1.165, 1.54) is 44.9 Å². The Hall–Kier alpha value is -0.0800. The normalized spacial score (nSPS) is 12.8. The molecule has 0 fully saturated rings. The third-order valence-electron chi connectivity index (χ3n) is 4.96. The van der Waals surface area contributed by atoms with Gasteiger partial charge in [-0.05, 0) is 36.5 Å². The summed E-state index contributed by atoms with van der Waals surface area (Å²) >= 11 is 0. The first-order chi connectivity index (χ1) is 10.9. The Bertz CT molecular complexity index is 233. The zero-order chi connectivity index (χ0) is 17.7. The van der Waals surface area contributed by atoms with E-state index in [4.69, 9.17) is 9.47 Å². The predicted molar refractivity (Wildman–Crippen MR) is 102 cm³/mol. The molecule has 2 nitrogen and oxygen atoms in total. The number of hydrogen-bond acceptors (Lipinski definition) is 2. The molecule has 23 heavy (non-hydrogen) atoms. The SMILES string of the molecule is CCC(CC)COC(CCCCC(C)(C)C)OCC(CC)CC. The minimum absolute atomic E-state index is 0.00355. The molecule has 0 aliphatic rings. The molecule has 0 atom stereocenters. The van der Waals surface area contributed by atoms with E-state index in [0.717, 1.165) is 19.6 Å². The van der Waals surface area contributed by atoms with Crippen molar-refractivity contribution in [2.45, 2.75) is 106 Å². The fourth-order valence-electron chi connectivity index (χ4n) is 2.72. The molecule has 0 spiro atoms. The van der Waals surface area contributed by atoms with Crippen LogP contribution in [0.1, 0.15) is 99.8 Å². The monoisotopic (exact) mass is 328 g/mol. The van der Waals surface area contributed by atoms with Gasteiger partial charge in [0.1, 0.15) is 0 Å². The second kappa shape index (κ2) is 13.2. The Balaban J connectivity index is 4.25. The molecule has 0 aromatic rings. The van der Waals surface area contributed by atoms with Crippen LogP contribution in [0.5, 0.6) is 0 Å². The molecule has 0 N–H and O–H groups in total. The van der Waals surface area contributed by atoms with E-state index in [1.54, 1.807) is 0 Å². The lowest BCUT2D eigenvalue weighted by Gasteiger charge is -2.24. The molecular formula is C21H44O2.